The maximum absolute atomic E-state index is 12.0. The van der Waals surface area contributed by atoms with E-state index >= 15 is 0 Å². The zero-order chi connectivity index (χ0) is 15.8. The topological polar surface area (TPSA) is 75.2 Å². The van der Waals surface area contributed by atoms with Crippen LogP contribution in [0.3, 0.4) is 0 Å². The van der Waals surface area contributed by atoms with Gasteiger partial charge in [-0.3, -0.25) is 14.9 Å². The van der Waals surface area contributed by atoms with Crippen LogP contribution in [0.5, 0.6) is 0 Å². The van der Waals surface area contributed by atoms with Gasteiger partial charge >= 0.3 is 0 Å². The van der Waals surface area contributed by atoms with Gasteiger partial charge in [-0.1, -0.05) is 37.5 Å². The SMILES string of the molecule is CCCCCc1nnc(NC(=O)CN2CCCCCC2=O)s1. The van der Waals surface area contributed by atoms with E-state index in [9.17, 15) is 9.59 Å². The molecule has 1 aliphatic heterocycles. The summed E-state index contributed by atoms with van der Waals surface area (Å²) in [4.78, 5) is 25.6. The van der Waals surface area contributed by atoms with Crippen molar-refractivity contribution in [3.63, 3.8) is 0 Å². The van der Waals surface area contributed by atoms with Crippen molar-refractivity contribution in [2.75, 3.05) is 18.4 Å². The minimum atomic E-state index is -0.188. The van der Waals surface area contributed by atoms with Gasteiger partial charge in [0.25, 0.3) is 0 Å². The van der Waals surface area contributed by atoms with E-state index in [-0.39, 0.29) is 18.4 Å². The second-order valence-electron chi connectivity index (χ2n) is 5.63. The Morgan fingerprint density at radius 2 is 2.14 bits per heavy atom. The molecular formula is C15H24N4O2S. The van der Waals surface area contributed by atoms with E-state index in [0.717, 1.165) is 37.1 Å². The van der Waals surface area contributed by atoms with E-state index in [4.69, 9.17) is 0 Å². The minimum absolute atomic E-state index is 0.0742. The molecule has 2 heterocycles. The number of anilines is 1. The van der Waals surface area contributed by atoms with Gasteiger partial charge in [0.1, 0.15) is 5.01 Å². The highest BCUT2D eigenvalue weighted by Crippen LogP contribution is 2.18. The lowest BCUT2D eigenvalue weighted by atomic mass is 10.2. The van der Waals surface area contributed by atoms with Gasteiger partial charge in [0.05, 0.1) is 6.54 Å². The number of likely N-dealkylation sites (tertiary alicyclic amines) is 1. The Hall–Kier alpha value is -1.50. The summed E-state index contributed by atoms with van der Waals surface area (Å²) in [6, 6.07) is 0. The van der Waals surface area contributed by atoms with Crippen LogP contribution in [0.25, 0.3) is 0 Å². The molecule has 2 amide bonds. The monoisotopic (exact) mass is 324 g/mol. The molecule has 2 rings (SSSR count). The third-order valence-corrected chi connectivity index (χ3v) is 4.61. The Balaban J connectivity index is 1.80. The van der Waals surface area contributed by atoms with Gasteiger partial charge in [0.2, 0.25) is 16.9 Å². The highest BCUT2D eigenvalue weighted by atomic mass is 32.1. The standard InChI is InChI=1S/C15H24N4O2S/c1-2-3-5-8-13-17-18-15(22-13)16-12(20)11-19-10-7-4-6-9-14(19)21/h2-11H2,1H3,(H,16,18,20). The number of carbonyl (C=O) groups is 2. The summed E-state index contributed by atoms with van der Waals surface area (Å²) in [7, 11) is 0. The normalized spacial score (nSPS) is 15.7. The van der Waals surface area contributed by atoms with Gasteiger partial charge in [-0.2, -0.15) is 0 Å². The van der Waals surface area contributed by atoms with E-state index < -0.39 is 0 Å². The lowest BCUT2D eigenvalue weighted by Gasteiger charge is -2.19. The molecule has 1 saturated heterocycles. The number of rotatable bonds is 7. The second-order valence-corrected chi connectivity index (χ2v) is 6.69. The Labute approximate surface area is 135 Å². The Bertz CT molecular complexity index is 503. The number of nitrogens with one attached hydrogen (secondary N) is 1. The fourth-order valence-electron chi connectivity index (χ4n) is 2.47. The molecule has 0 aromatic carbocycles. The molecule has 122 valence electrons. The number of hydrogen-bond acceptors (Lipinski definition) is 5. The molecule has 0 saturated carbocycles. The van der Waals surface area contributed by atoms with Crippen LogP contribution in [0.1, 0.15) is 56.9 Å². The van der Waals surface area contributed by atoms with Crippen molar-refractivity contribution in [2.24, 2.45) is 0 Å². The lowest BCUT2D eigenvalue weighted by molar-refractivity contribution is -0.134. The van der Waals surface area contributed by atoms with Crippen molar-refractivity contribution in [3.8, 4) is 0 Å². The summed E-state index contributed by atoms with van der Waals surface area (Å²) in [6.07, 6.45) is 7.86. The van der Waals surface area contributed by atoms with Crippen LogP contribution in [0.4, 0.5) is 5.13 Å². The lowest BCUT2D eigenvalue weighted by Crippen LogP contribution is -2.37. The first-order chi connectivity index (χ1) is 10.7. The second kappa shape index (κ2) is 8.82. The first-order valence-electron chi connectivity index (χ1n) is 8.09. The van der Waals surface area contributed by atoms with E-state index in [1.54, 1.807) is 4.90 Å². The molecule has 1 aliphatic rings. The molecule has 0 spiro atoms. The van der Waals surface area contributed by atoms with Crippen LogP contribution in [0.15, 0.2) is 0 Å². The molecule has 1 aromatic rings. The number of aryl methyl sites for hydroxylation is 1. The molecule has 1 fully saturated rings. The molecular weight excluding hydrogens is 300 g/mol. The molecule has 7 heteroatoms. The molecule has 1 N–H and O–H groups in total. The molecule has 6 nitrogen and oxygen atoms in total. The van der Waals surface area contributed by atoms with Crippen molar-refractivity contribution < 1.29 is 9.59 Å². The maximum atomic E-state index is 12.0. The number of aromatic nitrogens is 2. The Morgan fingerprint density at radius 1 is 1.27 bits per heavy atom. The largest absolute Gasteiger partial charge is 0.333 e. The van der Waals surface area contributed by atoms with Gasteiger partial charge in [-0.25, -0.2) is 0 Å². The predicted octanol–water partition coefficient (Wildman–Crippen LogP) is 2.61. The van der Waals surface area contributed by atoms with Crippen molar-refractivity contribution in [3.05, 3.63) is 5.01 Å². The zero-order valence-corrected chi connectivity index (χ0v) is 14.0. The van der Waals surface area contributed by atoms with Crippen molar-refractivity contribution in [2.45, 2.75) is 58.3 Å². The molecule has 22 heavy (non-hydrogen) atoms. The van der Waals surface area contributed by atoms with Crippen LogP contribution in [0.2, 0.25) is 0 Å². The number of amides is 2. The molecule has 0 bridgehead atoms. The van der Waals surface area contributed by atoms with Crippen molar-refractivity contribution in [1.29, 1.82) is 0 Å². The third kappa shape index (κ3) is 5.36. The van der Waals surface area contributed by atoms with Crippen LogP contribution in [0, 0.1) is 0 Å². The fraction of sp³-hybridized carbons (Fsp3) is 0.733. The van der Waals surface area contributed by atoms with Crippen LogP contribution < -0.4 is 5.32 Å². The summed E-state index contributed by atoms with van der Waals surface area (Å²) in [5.41, 5.74) is 0. The van der Waals surface area contributed by atoms with E-state index in [2.05, 4.69) is 22.4 Å². The number of unbranched alkanes of at least 4 members (excludes halogenated alkanes) is 2. The number of carbonyl (C=O) groups excluding carboxylic acids is 2. The first kappa shape index (κ1) is 16.9. The van der Waals surface area contributed by atoms with Gasteiger partial charge in [0, 0.05) is 19.4 Å². The average molecular weight is 324 g/mol. The summed E-state index contributed by atoms with van der Waals surface area (Å²) < 4.78 is 0. The minimum Gasteiger partial charge on any atom is -0.333 e. The molecule has 0 radical (unpaired) electrons. The quantitative estimate of drug-likeness (QED) is 0.782. The van der Waals surface area contributed by atoms with Gasteiger partial charge < -0.3 is 4.90 Å². The smallest absolute Gasteiger partial charge is 0.245 e. The number of nitrogens with zero attached hydrogens (tertiary/aromatic N) is 3. The van der Waals surface area contributed by atoms with Crippen LogP contribution in [-0.2, 0) is 16.0 Å². The van der Waals surface area contributed by atoms with E-state index in [1.807, 2.05) is 0 Å². The molecule has 0 aliphatic carbocycles. The number of hydrogen-bond donors (Lipinski definition) is 1. The van der Waals surface area contributed by atoms with Gasteiger partial charge in [-0.15, -0.1) is 10.2 Å². The first-order valence-corrected chi connectivity index (χ1v) is 8.90. The average Bonchev–Trinajstić information content (AvgIpc) is 2.83. The summed E-state index contributed by atoms with van der Waals surface area (Å²) >= 11 is 1.42. The highest BCUT2D eigenvalue weighted by molar-refractivity contribution is 7.15. The van der Waals surface area contributed by atoms with Crippen molar-refractivity contribution >= 4 is 28.3 Å². The molecule has 1 aromatic heterocycles. The summed E-state index contributed by atoms with van der Waals surface area (Å²) in [5.74, 6) is -0.114. The van der Waals surface area contributed by atoms with Gasteiger partial charge in [0.15, 0.2) is 0 Å². The van der Waals surface area contributed by atoms with Crippen molar-refractivity contribution in [1.82, 2.24) is 15.1 Å². The molecule has 0 unspecified atom stereocenters. The summed E-state index contributed by atoms with van der Waals surface area (Å²) in [5, 5.41) is 12.3. The Kier molecular flexibility index (Phi) is 6.76. The highest BCUT2D eigenvalue weighted by Gasteiger charge is 2.19. The summed E-state index contributed by atoms with van der Waals surface area (Å²) in [6.45, 7) is 2.95. The van der Waals surface area contributed by atoms with Gasteiger partial charge in [-0.05, 0) is 19.3 Å². The third-order valence-electron chi connectivity index (χ3n) is 3.71. The van der Waals surface area contributed by atoms with E-state index in [1.165, 1.54) is 24.2 Å². The molecule has 0 atom stereocenters. The van der Waals surface area contributed by atoms with Crippen LogP contribution >= 0.6 is 11.3 Å². The maximum Gasteiger partial charge on any atom is 0.245 e. The van der Waals surface area contributed by atoms with Crippen LogP contribution in [-0.4, -0.2) is 40.0 Å². The van der Waals surface area contributed by atoms with E-state index in [0.29, 0.717) is 18.1 Å². The zero-order valence-electron chi connectivity index (χ0n) is 13.1. The predicted molar refractivity (Wildman–Crippen MR) is 86.8 cm³/mol. The fourth-order valence-corrected chi connectivity index (χ4v) is 3.27. The Morgan fingerprint density at radius 3 is 2.95 bits per heavy atom.